The SMILES string of the molecule is Cc1cc(N2CCNCC2)nc2cc(F)ccc12. The van der Waals surface area contributed by atoms with Gasteiger partial charge in [0.25, 0.3) is 0 Å². The molecule has 3 nitrogen and oxygen atoms in total. The Morgan fingerprint density at radius 3 is 2.78 bits per heavy atom. The molecular formula is C14H16FN3. The zero-order valence-corrected chi connectivity index (χ0v) is 10.4. The number of halogens is 1. The van der Waals surface area contributed by atoms with Crippen molar-refractivity contribution in [1.82, 2.24) is 10.3 Å². The first-order valence-corrected chi connectivity index (χ1v) is 6.26. The first kappa shape index (κ1) is 11.4. The lowest BCUT2D eigenvalue weighted by Crippen LogP contribution is -2.43. The number of nitrogens with zero attached hydrogens (tertiary/aromatic N) is 2. The Labute approximate surface area is 106 Å². The average Bonchev–Trinajstić information content (AvgIpc) is 2.39. The third-order valence-corrected chi connectivity index (χ3v) is 3.41. The van der Waals surface area contributed by atoms with Crippen LogP contribution in [0.3, 0.4) is 0 Å². The van der Waals surface area contributed by atoms with E-state index in [2.05, 4.69) is 21.3 Å². The molecule has 0 unspecified atom stereocenters. The highest BCUT2D eigenvalue weighted by Gasteiger charge is 2.13. The van der Waals surface area contributed by atoms with Crippen LogP contribution in [0.15, 0.2) is 24.3 Å². The smallest absolute Gasteiger partial charge is 0.129 e. The Morgan fingerprint density at radius 1 is 1.22 bits per heavy atom. The number of benzene rings is 1. The van der Waals surface area contributed by atoms with Crippen LogP contribution in [0.2, 0.25) is 0 Å². The normalized spacial score (nSPS) is 16.2. The summed E-state index contributed by atoms with van der Waals surface area (Å²) in [5.74, 6) is 0.721. The van der Waals surface area contributed by atoms with Crippen molar-refractivity contribution < 1.29 is 4.39 Å². The number of aromatic nitrogens is 1. The standard InChI is InChI=1S/C14H16FN3/c1-10-8-14(18-6-4-16-5-7-18)17-13-9-11(15)2-3-12(10)13/h2-3,8-9,16H,4-7H2,1H3. The summed E-state index contributed by atoms with van der Waals surface area (Å²) >= 11 is 0. The molecule has 1 fully saturated rings. The molecule has 1 aliphatic heterocycles. The van der Waals surface area contributed by atoms with Gasteiger partial charge < -0.3 is 10.2 Å². The lowest BCUT2D eigenvalue weighted by atomic mass is 10.1. The summed E-state index contributed by atoms with van der Waals surface area (Å²) in [7, 11) is 0. The molecule has 0 aliphatic carbocycles. The molecule has 1 N–H and O–H groups in total. The van der Waals surface area contributed by atoms with Crippen LogP contribution < -0.4 is 10.2 Å². The molecule has 2 aromatic rings. The van der Waals surface area contributed by atoms with Gasteiger partial charge in [0.1, 0.15) is 11.6 Å². The Hall–Kier alpha value is -1.68. The number of rotatable bonds is 1. The highest BCUT2D eigenvalue weighted by Crippen LogP contribution is 2.23. The minimum Gasteiger partial charge on any atom is -0.354 e. The van der Waals surface area contributed by atoms with Crippen molar-refractivity contribution in [2.45, 2.75) is 6.92 Å². The fourth-order valence-electron chi connectivity index (χ4n) is 2.41. The predicted octanol–water partition coefficient (Wildman–Crippen LogP) is 2.09. The maximum Gasteiger partial charge on any atom is 0.129 e. The molecular weight excluding hydrogens is 229 g/mol. The van der Waals surface area contributed by atoms with E-state index in [0.717, 1.165) is 48.5 Å². The lowest BCUT2D eigenvalue weighted by molar-refractivity contribution is 0.585. The van der Waals surface area contributed by atoms with Gasteiger partial charge in [-0.15, -0.1) is 0 Å². The molecule has 0 bridgehead atoms. The summed E-state index contributed by atoms with van der Waals surface area (Å²) in [6.07, 6.45) is 0. The summed E-state index contributed by atoms with van der Waals surface area (Å²) in [6, 6.07) is 6.88. The zero-order chi connectivity index (χ0) is 12.5. The molecule has 94 valence electrons. The molecule has 1 aromatic heterocycles. The van der Waals surface area contributed by atoms with Crippen molar-refractivity contribution in [1.29, 1.82) is 0 Å². The van der Waals surface area contributed by atoms with Crippen LogP contribution in [0.4, 0.5) is 10.2 Å². The maximum absolute atomic E-state index is 13.3. The van der Waals surface area contributed by atoms with E-state index in [9.17, 15) is 4.39 Å². The molecule has 0 saturated carbocycles. The zero-order valence-electron chi connectivity index (χ0n) is 10.4. The van der Waals surface area contributed by atoms with Gasteiger partial charge in [0.2, 0.25) is 0 Å². The van der Waals surface area contributed by atoms with Crippen LogP contribution >= 0.6 is 0 Å². The fraction of sp³-hybridized carbons (Fsp3) is 0.357. The molecule has 3 rings (SSSR count). The molecule has 18 heavy (non-hydrogen) atoms. The van der Waals surface area contributed by atoms with Gasteiger partial charge in [-0.05, 0) is 30.7 Å². The van der Waals surface area contributed by atoms with E-state index >= 15 is 0 Å². The maximum atomic E-state index is 13.3. The Bertz CT molecular complexity index is 577. The van der Waals surface area contributed by atoms with E-state index in [1.165, 1.54) is 12.1 Å². The number of aryl methyl sites for hydroxylation is 1. The summed E-state index contributed by atoms with van der Waals surface area (Å²) in [4.78, 5) is 6.82. The van der Waals surface area contributed by atoms with Gasteiger partial charge in [0.05, 0.1) is 5.52 Å². The second-order valence-corrected chi connectivity index (χ2v) is 4.70. The van der Waals surface area contributed by atoms with Crippen molar-refractivity contribution in [3.8, 4) is 0 Å². The lowest BCUT2D eigenvalue weighted by Gasteiger charge is -2.28. The molecule has 0 spiro atoms. The Kier molecular flexibility index (Phi) is 2.88. The highest BCUT2D eigenvalue weighted by molar-refractivity contribution is 5.84. The highest BCUT2D eigenvalue weighted by atomic mass is 19.1. The van der Waals surface area contributed by atoms with E-state index in [4.69, 9.17) is 0 Å². The number of nitrogens with one attached hydrogen (secondary N) is 1. The molecule has 0 radical (unpaired) electrons. The van der Waals surface area contributed by atoms with Crippen molar-refractivity contribution >= 4 is 16.7 Å². The molecule has 0 amide bonds. The van der Waals surface area contributed by atoms with Crippen LogP contribution in [-0.2, 0) is 0 Å². The van der Waals surface area contributed by atoms with Crippen LogP contribution in [-0.4, -0.2) is 31.2 Å². The minimum absolute atomic E-state index is 0.230. The topological polar surface area (TPSA) is 28.2 Å². The second-order valence-electron chi connectivity index (χ2n) is 4.70. The van der Waals surface area contributed by atoms with Crippen LogP contribution in [0.5, 0.6) is 0 Å². The number of hydrogen-bond acceptors (Lipinski definition) is 3. The third kappa shape index (κ3) is 2.04. The minimum atomic E-state index is -0.230. The quantitative estimate of drug-likeness (QED) is 0.834. The third-order valence-electron chi connectivity index (χ3n) is 3.41. The van der Waals surface area contributed by atoms with Gasteiger partial charge in [0.15, 0.2) is 0 Å². The fourth-order valence-corrected chi connectivity index (χ4v) is 2.41. The Balaban J connectivity index is 2.07. The van der Waals surface area contributed by atoms with Crippen molar-refractivity contribution in [2.24, 2.45) is 0 Å². The average molecular weight is 245 g/mol. The van der Waals surface area contributed by atoms with Crippen LogP contribution in [0.1, 0.15) is 5.56 Å². The Morgan fingerprint density at radius 2 is 2.00 bits per heavy atom. The monoisotopic (exact) mass is 245 g/mol. The van der Waals surface area contributed by atoms with E-state index in [1.54, 1.807) is 6.07 Å². The number of piperazine rings is 1. The van der Waals surface area contributed by atoms with Gasteiger partial charge >= 0.3 is 0 Å². The van der Waals surface area contributed by atoms with Gasteiger partial charge in [-0.25, -0.2) is 9.37 Å². The number of pyridine rings is 1. The van der Waals surface area contributed by atoms with Crippen LogP contribution in [0, 0.1) is 12.7 Å². The van der Waals surface area contributed by atoms with Crippen molar-refractivity contribution in [3.05, 3.63) is 35.6 Å². The van der Waals surface area contributed by atoms with Gasteiger partial charge in [-0.2, -0.15) is 0 Å². The van der Waals surface area contributed by atoms with E-state index in [1.807, 2.05) is 6.92 Å². The first-order valence-electron chi connectivity index (χ1n) is 6.26. The summed E-state index contributed by atoms with van der Waals surface area (Å²) in [5.41, 5.74) is 1.89. The van der Waals surface area contributed by atoms with Gasteiger partial charge in [-0.3, -0.25) is 0 Å². The van der Waals surface area contributed by atoms with E-state index in [0.29, 0.717) is 0 Å². The summed E-state index contributed by atoms with van der Waals surface area (Å²) in [6.45, 7) is 5.90. The largest absolute Gasteiger partial charge is 0.354 e. The summed E-state index contributed by atoms with van der Waals surface area (Å²) in [5, 5.41) is 4.34. The van der Waals surface area contributed by atoms with E-state index in [-0.39, 0.29) is 5.82 Å². The summed E-state index contributed by atoms with van der Waals surface area (Å²) < 4.78 is 13.3. The van der Waals surface area contributed by atoms with Crippen molar-refractivity contribution in [3.63, 3.8) is 0 Å². The molecule has 1 aliphatic rings. The van der Waals surface area contributed by atoms with Gasteiger partial charge in [0, 0.05) is 37.6 Å². The van der Waals surface area contributed by atoms with Gasteiger partial charge in [-0.1, -0.05) is 0 Å². The number of hydrogen-bond donors (Lipinski definition) is 1. The van der Waals surface area contributed by atoms with E-state index < -0.39 is 0 Å². The molecule has 2 heterocycles. The number of anilines is 1. The molecule has 1 saturated heterocycles. The molecule has 4 heteroatoms. The first-order chi connectivity index (χ1) is 8.74. The molecule has 0 atom stereocenters. The van der Waals surface area contributed by atoms with Crippen LogP contribution in [0.25, 0.3) is 10.9 Å². The number of fused-ring (bicyclic) bond motifs is 1. The predicted molar refractivity (Wildman–Crippen MR) is 71.5 cm³/mol. The molecule has 1 aromatic carbocycles. The second kappa shape index (κ2) is 4.53. The van der Waals surface area contributed by atoms with Crippen molar-refractivity contribution in [2.75, 3.05) is 31.1 Å².